The van der Waals surface area contributed by atoms with Crippen molar-refractivity contribution in [3.05, 3.63) is 16.1 Å². The Balaban J connectivity index is 3.01. The molecule has 0 saturated heterocycles. The molecule has 1 aromatic heterocycles. The second-order valence-corrected chi connectivity index (χ2v) is 2.63. The average Bonchev–Trinajstić information content (AvgIpc) is 2.10. The molecule has 2 heteroatoms. The van der Waals surface area contributed by atoms with Crippen LogP contribution >= 0.6 is 11.3 Å². The van der Waals surface area contributed by atoms with Crippen molar-refractivity contribution in [1.29, 1.82) is 0 Å². The molecular weight excluding hydrogens is 118 g/mol. The molecule has 0 amide bonds. The number of aromatic nitrogens is 1. The van der Waals surface area contributed by atoms with Crippen LogP contribution < -0.4 is 0 Å². The van der Waals surface area contributed by atoms with Crippen molar-refractivity contribution in [3.8, 4) is 0 Å². The van der Waals surface area contributed by atoms with Crippen LogP contribution in [0.3, 0.4) is 0 Å². The third kappa shape index (κ3) is 1.07. The Morgan fingerprint density at radius 2 is 2.75 bits per heavy atom. The van der Waals surface area contributed by atoms with E-state index in [1.54, 1.807) is 0 Å². The molecule has 0 radical (unpaired) electrons. The SMILES string of the molecule is [2H]c1sc(C)nc1CC. The van der Waals surface area contributed by atoms with E-state index < -0.39 is 0 Å². The molecule has 0 spiro atoms. The third-order valence-electron chi connectivity index (χ3n) is 0.944. The first-order valence-corrected chi connectivity index (χ1v) is 3.48. The van der Waals surface area contributed by atoms with Crippen molar-refractivity contribution in [2.75, 3.05) is 0 Å². The van der Waals surface area contributed by atoms with E-state index in [9.17, 15) is 0 Å². The van der Waals surface area contributed by atoms with Gasteiger partial charge in [0.2, 0.25) is 0 Å². The number of rotatable bonds is 1. The quantitative estimate of drug-likeness (QED) is 0.564. The highest BCUT2D eigenvalue weighted by Crippen LogP contribution is 2.07. The molecule has 0 aliphatic carbocycles. The molecule has 0 N–H and O–H groups in total. The third-order valence-corrected chi connectivity index (χ3v) is 1.67. The first-order valence-electron chi connectivity index (χ1n) is 3.17. The average molecular weight is 128 g/mol. The van der Waals surface area contributed by atoms with Crippen molar-refractivity contribution < 1.29 is 1.37 Å². The van der Waals surface area contributed by atoms with Crippen LogP contribution in [0.1, 0.15) is 19.0 Å². The highest BCUT2D eigenvalue weighted by Gasteiger charge is 1.91. The zero-order valence-electron chi connectivity index (χ0n) is 6.06. The largest absolute Gasteiger partial charge is 0.247 e. The van der Waals surface area contributed by atoms with Crippen LogP contribution in [0, 0.1) is 6.92 Å². The zero-order valence-corrected chi connectivity index (χ0v) is 5.88. The predicted molar refractivity (Wildman–Crippen MR) is 36.2 cm³/mol. The van der Waals surface area contributed by atoms with Crippen LogP contribution in [0.25, 0.3) is 0 Å². The molecule has 1 aromatic rings. The molecule has 44 valence electrons. The summed E-state index contributed by atoms with van der Waals surface area (Å²) < 4.78 is 7.35. The fraction of sp³-hybridized carbons (Fsp3) is 0.500. The van der Waals surface area contributed by atoms with E-state index in [0.29, 0.717) is 5.36 Å². The van der Waals surface area contributed by atoms with Crippen molar-refractivity contribution >= 4 is 11.3 Å². The lowest BCUT2D eigenvalue weighted by Gasteiger charge is -1.79. The Kier molecular flexibility index (Phi) is 1.28. The predicted octanol–water partition coefficient (Wildman–Crippen LogP) is 2.01. The first-order chi connectivity index (χ1) is 4.24. The van der Waals surface area contributed by atoms with Crippen LogP contribution in [0.2, 0.25) is 0 Å². The summed E-state index contributed by atoms with van der Waals surface area (Å²) >= 11 is 1.45. The standard InChI is InChI=1S/C6H9NS/c1-3-6-4-8-5(2)7-6/h4H,3H2,1-2H3/i4D. The van der Waals surface area contributed by atoms with Gasteiger partial charge in [0, 0.05) is 5.36 Å². The molecule has 0 aromatic carbocycles. The lowest BCUT2D eigenvalue weighted by molar-refractivity contribution is 1.04. The Bertz CT molecular complexity index is 207. The van der Waals surface area contributed by atoms with Gasteiger partial charge in [-0.2, -0.15) is 0 Å². The smallest absolute Gasteiger partial charge is 0.0897 e. The van der Waals surface area contributed by atoms with Gasteiger partial charge in [-0.25, -0.2) is 4.98 Å². The minimum absolute atomic E-state index is 0.620. The normalized spacial score (nSPS) is 11.5. The maximum atomic E-state index is 7.35. The lowest BCUT2D eigenvalue weighted by Crippen LogP contribution is -1.76. The van der Waals surface area contributed by atoms with Gasteiger partial charge < -0.3 is 0 Å². The van der Waals surface area contributed by atoms with E-state index >= 15 is 0 Å². The minimum Gasteiger partial charge on any atom is -0.247 e. The molecule has 0 bridgehead atoms. The van der Waals surface area contributed by atoms with Gasteiger partial charge in [-0.05, 0) is 13.3 Å². The molecule has 0 unspecified atom stereocenters. The highest BCUT2D eigenvalue weighted by atomic mass is 32.1. The fourth-order valence-electron chi connectivity index (χ4n) is 0.520. The fourth-order valence-corrected chi connectivity index (χ4v) is 1.13. The summed E-state index contributed by atoms with van der Waals surface area (Å²) in [5, 5.41) is 1.62. The molecular formula is C6H9NS. The molecule has 0 aliphatic rings. The Hall–Kier alpha value is -0.370. The number of hydrogen-bond acceptors (Lipinski definition) is 2. The van der Waals surface area contributed by atoms with Crippen LogP contribution in [-0.4, -0.2) is 4.98 Å². The maximum absolute atomic E-state index is 7.35. The summed E-state index contributed by atoms with van der Waals surface area (Å²) in [6, 6.07) is 0. The van der Waals surface area contributed by atoms with Crippen molar-refractivity contribution in [2.45, 2.75) is 20.3 Å². The van der Waals surface area contributed by atoms with Gasteiger partial charge in [0.15, 0.2) is 0 Å². The second kappa shape index (κ2) is 2.27. The summed E-state index contributed by atoms with van der Waals surface area (Å²) in [6.45, 7) is 3.95. The van der Waals surface area contributed by atoms with Gasteiger partial charge in [-0.3, -0.25) is 0 Å². The molecule has 1 nitrogen and oxygen atoms in total. The zero-order chi connectivity index (χ0) is 6.85. The summed E-state index contributed by atoms with van der Waals surface area (Å²) in [4.78, 5) is 4.16. The van der Waals surface area contributed by atoms with Crippen molar-refractivity contribution in [2.24, 2.45) is 0 Å². The van der Waals surface area contributed by atoms with Crippen molar-refractivity contribution in [1.82, 2.24) is 4.98 Å². The molecule has 0 atom stereocenters. The van der Waals surface area contributed by atoms with E-state index in [1.165, 1.54) is 11.3 Å². The lowest BCUT2D eigenvalue weighted by atomic mass is 10.4. The van der Waals surface area contributed by atoms with Crippen LogP contribution in [0.5, 0.6) is 0 Å². The second-order valence-electron chi connectivity index (χ2n) is 1.64. The Labute approximate surface area is 54.8 Å². The molecule has 1 rings (SSSR count). The van der Waals surface area contributed by atoms with Gasteiger partial charge in [0.05, 0.1) is 12.1 Å². The van der Waals surface area contributed by atoms with Gasteiger partial charge in [0.1, 0.15) is 0 Å². The van der Waals surface area contributed by atoms with Crippen LogP contribution in [0.4, 0.5) is 0 Å². The summed E-state index contributed by atoms with van der Waals surface area (Å²) in [7, 11) is 0. The molecule has 0 aliphatic heterocycles. The molecule has 1 heterocycles. The van der Waals surface area contributed by atoms with E-state index in [0.717, 1.165) is 17.1 Å². The molecule has 0 saturated carbocycles. The highest BCUT2D eigenvalue weighted by molar-refractivity contribution is 7.09. The molecule has 0 fully saturated rings. The first kappa shape index (κ1) is 4.50. The number of thiazole rings is 1. The maximum Gasteiger partial charge on any atom is 0.0897 e. The number of hydrogen-bond donors (Lipinski definition) is 0. The Morgan fingerprint density at radius 1 is 2.00 bits per heavy atom. The van der Waals surface area contributed by atoms with E-state index in [1.807, 2.05) is 13.8 Å². The summed E-state index contributed by atoms with van der Waals surface area (Å²) in [6.07, 6.45) is 0.878. The number of aryl methyl sites for hydroxylation is 2. The van der Waals surface area contributed by atoms with Crippen molar-refractivity contribution in [3.63, 3.8) is 0 Å². The van der Waals surface area contributed by atoms with Gasteiger partial charge >= 0.3 is 0 Å². The van der Waals surface area contributed by atoms with Gasteiger partial charge in [-0.15, -0.1) is 11.3 Å². The van der Waals surface area contributed by atoms with Crippen LogP contribution in [0.15, 0.2) is 5.36 Å². The molecule has 8 heavy (non-hydrogen) atoms. The minimum atomic E-state index is 0.620. The van der Waals surface area contributed by atoms with Crippen LogP contribution in [-0.2, 0) is 6.42 Å². The van der Waals surface area contributed by atoms with Gasteiger partial charge in [-0.1, -0.05) is 6.92 Å². The van der Waals surface area contributed by atoms with E-state index in [4.69, 9.17) is 1.37 Å². The van der Waals surface area contributed by atoms with E-state index in [2.05, 4.69) is 4.98 Å². The van der Waals surface area contributed by atoms with E-state index in [-0.39, 0.29) is 0 Å². The number of nitrogens with zero attached hydrogens (tertiary/aromatic N) is 1. The summed E-state index contributed by atoms with van der Waals surface area (Å²) in [5.74, 6) is 0. The monoisotopic (exact) mass is 128 g/mol. The topological polar surface area (TPSA) is 12.9 Å². The summed E-state index contributed by atoms with van der Waals surface area (Å²) in [5.41, 5.74) is 0.928. The van der Waals surface area contributed by atoms with Gasteiger partial charge in [0.25, 0.3) is 0 Å². The Morgan fingerprint density at radius 3 is 3.00 bits per heavy atom.